The molecule has 0 radical (unpaired) electrons. The largest absolute Gasteiger partial charge is 0.378 e. The topological polar surface area (TPSA) is 37.3 Å². The summed E-state index contributed by atoms with van der Waals surface area (Å²) in [4.78, 5) is 8.74. The Morgan fingerprint density at radius 1 is 0.815 bits per heavy atom. The van der Waals surface area contributed by atoms with Crippen molar-refractivity contribution in [1.29, 1.82) is 0 Å². The molecule has 0 unspecified atom stereocenters. The third kappa shape index (κ3) is 4.46. The minimum Gasteiger partial charge on any atom is -0.378 e. The zero-order chi connectivity index (χ0) is 18.5. The summed E-state index contributed by atoms with van der Waals surface area (Å²) in [7, 11) is 0. The Bertz CT molecular complexity index is 783. The van der Waals surface area contributed by atoms with Gasteiger partial charge in [0.05, 0.1) is 37.8 Å². The number of ether oxygens (including phenoxy) is 2. The molecule has 2 heterocycles. The summed E-state index contributed by atoms with van der Waals surface area (Å²) in [6.45, 7) is 6.10. The van der Waals surface area contributed by atoms with Crippen LogP contribution in [0, 0.1) is 5.82 Å². The van der Waals surface area contributed by atoms with Crippen molar-refractivity contribution in [2.45, 2.75) is 0 Å². The molecule has 2 aliphatic rings. The number of morpholine rings is 2. The first-order valence-electron chi connectivity index (χ1n) is 9.39. The van der Waals surface area contributed by atoms with Crippen LogP contribution in [0.5, 0.6) is 0 Å². The van der Waals surface area contributed by atoms with Crippen LogP contribution in [0.4, 0.5) is 21.5 Å². The molecular weight excluding hydrogens is 345 g/mol. The zero-order valence-electron chi connectivity index (χ0n) is 15.3. The number of benzene rings is 2. The van der Waals surface area contributed by atoms with Crippen LogP contribution in [0.3, 0.4) is 0 Å². The predicted molar refractivity (Wildman–Crippen MR) is 106 cm³/mol. The molecule has 0 atom stereocenters. The average molecular weight is 369 g/mol. The number of hydrogen-bond donors (Lipinski definition) is 0. The molecule has 0 spiro atoms. The van der Waals surface area contributed by atoms with Crippen molar-refractivity contribution in [3.05, 3.63) is 53.8 Å². The van der Waals surface area contributed by atoms with Crippen LogP contribution in [0.2, 0.25) is 0 Å². The molecular formula is C21H24FN3O2. The maximum absolute atomic E-state index is 14.4. The van der Waals surface area contributed by atoms with E-state index in [1.54, 1.807) is 12.3 Å². The maximum atomic E-state index is 14.4. The van der Waals surface area contributed by atoms with Crippen LogP contribution in [0.15, 0.2) is 47.5 Å². The summed E-state index contributed by atoms with van der Waals surface area (Å²) in [6.07, 6.45) is 1.77. The predicted octanol–water partition coefficient (Wildman–Crippen LogP) is 3.25. The van der Waals surface area contributed by atoms with Gasteiger partial charge in [-0.05, 0) is 29.8 Å². The van der Waals surface area contributed by atoms with E-state index >= 15 is 0 Å². The Hall–Kier alpha value is -2.44. The Kier molecular flexibility index (Phi) is 5.65. The summed E-state index contributed by atoms with van der Waals surface area (Å²) in [6, 6.07) is 13.4. The molecule has 6 heteroatoms. The molecule has 27 heavy (non-hydrogen) atoms. The van der Waals surface area contributed by atoms with Gasteiger partial charge in [-0.1, -0.05) is 12.1 Å². The van der Waals surface area contributed by atoms with Crippen molar-refractivity contribution >= 4 is 23.3 Å². The molecule has 5 nitrogen and oxygen atoms in total. The highest BCUT2D eigenvalue weighted by Crippen LogP contribution is 2.25. The number of nitrogens with zero attached hydrogens (tertiary/aromatic N) is 3. The fourth-order valence-electron chi connectivity index (χ4n) is 3.38. The fourth-order valence-corrected chi connectivity index (χ4v) is 3.38. The molecule has 0 aromatic heterocycles. The van der Waals surface area contributed by atoms with Gasteiger partial charge in [-0.3, -0.25) is 4.99 Å². The van der Waals surface area contributed by atoms with Crippen LogP contribution < -0.4 is 9.80 Å². The lowest BCUT2D eigenvalue weighted by molar-refractivity contribution is 0.122. The number of halogens is 1. The van der Waals surface area contributed by atoms with E-state index in [0.717, 1.165) is 45.0 Å². The molecule has 2 fully saturated rings. The van der Waals surface area contributed by atoms with Gasteiger partial charge in [-0.15, -0.1) is 0 Å². The number of anilines is 2. The monoisotopic (exact) mass is 369 g/mol. The van der Waals surface area contributed by atoms with Crippen LogP contribution in [-0.2, 0) is 9.47 Å². The first-order valence-corrected chi connectivity index (χ1v) is 9.39. The van der Waals surface area contributed by atoms with E-state index in [4.69, 9.17) is 9.47 Å². The molecule has 0 N–H and O–H groups in total. The van der Waals surface area contributed by atoms with E-state index in [9.17, 15) is 4.39 Å². The van der Waals surface area contributed by atoms with Crippen LogP contribution >= 0.6 is 0 Å². The Morgan fingerprint density at radius 3 is 2.07 bits per heavy atom. The zero-order valence-corrected chi connectivity index (χ0v) is 15.3. The van der Waals surface area contributed by atoms with Crippen LogP contribution in [0.1, 0.15) is 5.56 Å². The summed E-state index contributed by atoms with van der Waals surface area (Å²) in [5, 5.41) is 0. The Morgan fingerprint density at radius 2 is 1.44 bits per heavy atom. The standard InChI is InChI=1S/C21H24FN3O2/c22-20-15-18(3-6-21(20)25-9-13-27-14-10-25)23-16-17-1-4-19(5-2-17)24-7-11-26-12-8-24/h1-6,15-16H,7-14H2. The van der Waals surface area contributed by atoms with Gasteiger partial charge in [0.15, 0.2) is 0 Å². The quantitative estimate of drug-likeness (QED) is 0.776. The highest BCUT2D eigenvalue weighted by atomic mass is 19.1. The van der Waals surface area contributed by atoms with Gasteiger partial charge in [0.25, 0.3) is 0 Å². The highest BCUT2D eigenvalue weighted by Gasteiger charge is 2.15. The van der Waals surface area contributed by atoms with E-state index in [1.165, 1.54) is 11.8 Å². The number of hydrogen-bond acceptors (Lipinski definition) is 5. The molecule has 0 amide bonds. The van der Waals surface area contributed by atoms with Crippen molar-refractivity contribution in [3.63, 3.8) is 0 Å². The second kappa shape index (κ2) is 8.50. The molecule has 2 aliphatic heterocycles. The van der Waals surface area contributed by atoms with E-state index in [0.29, 0.717) is 24.6 Å². The third-order valence-electron chi connectivity index (χ3n) is 4.92. The van der Waals surface area contributed by atoms with Crippen molar-refractivity contribution < 1.29 is 13.9 Å². The van der Waals surface area contributed by atoms with Gasteiger partial charge in [-0.25, -0.2) is 4.39 Å². The van der Waals surface area contributed by atoms with E-state index in [2.05, 4.69) is 22.0 Å². The minimum atomic E-state index is -0.241. The van der Waals surface area contributed by atoms with Crippen LogP contribution in [0.25, 0.3) is 0 Å². The summed E-state index contributed by atoms with van der Waals surface area (Å²) < 4.78 is 25.2. The van der Waals surface area contributed by atoms with E-state index in [-0.39, 0.29) is 5.82 Å². The molecule has 2 aromatic carbocycles. The first kappa shape index (κ1) is 17.9. The third-order valence-corrected chi connectivity index (χ3v) is 4.92. The number of rotatable bonds is 4. The highest BCUT2D eigenvalue weighted by molar-refractivity contribution is 5.82. The van der Waals surface area contributed by atoms with Gasteiger partial charge < -0.3 is 19.3 Å². The molecule has 4 rings (SSSR count). The molecule has 0 saturated carbocycles. The smallest absolute Gasteiger partial charge is 0.148 e. The lowest BCUT2D eigenvalue weighted by atomic mass is 10.2. The second-order valence-electron chi connectivity index (χ2n) is 6.68. The van der Waals surface area contributed by atoms with Crippen molar-refractivity contribution in [1.82, 2.24) is 0 Å². The van der Waals surface area contributed by atoms with Gasteiger partial charge in [0, 0.05) is 44.1 Å². The van der Waals surface area contributed by atoms with Gasteiger partial charge in [-0.2, -0.15) is 0 Å². The van der Waals surface area contributed by atoms with Crippen molar-refractivity contribution in [2.24, 2.45) is 4.99 Å². The first-order chi connectivity index (χ1) is 13.3. The van der Waals surface area contributed by atoms with Gasteiger partial charge >= 0.3 is 0 Å². The average Bonchev–Trinajstić information content (AvgIpc) is 2.74. The molecule has 2 aromatic rings. The normalized spacial score (nSPS) is 18.3. The van der Waals surface area contributed by atoms with Crippen molar-refractivity contribution in [2.75, 3.05) is 62.4 Å². The van der Waals surface area contributed by atoms with Gasteiger partial charge in [0.2, 0.25) is 0 Å². The summed E-state index contributed by atoms with van der Waals surface area (Å²) in [5.74, 6) is -0.241. The Balaban J connectivity index is 1.42. The fraction of sp³-hybridized carbons (Fsp3) is 0.381. The van der Waals surface area contributed by atoms with E-state index < -0.39 is 0 Å². The molecule has 0 aliphatic carbocycles. The van der Waals surface area contributed by atoms with Crippen molar-refractivity contribution in [3.8, 4) is 0 Å². The SMILES string of the molecule is Fc1cc(N=Cc2ccc(N3CCOCC3)cc2)ccc1N1CCOCC1. The van der Waals surface area contributed by atoms with E-state index in [1.807, 2.05) is 23.1 Å². The molecule has 142 valence electrons. The van der Waals surface area contributed by atoms with Gasteiger partial charge in [0.1, 0.15) is 5.82 Å². The molecule has 2 saturated heterocycles. The lowest BCUT2D eigenvalue weighted by Gasteiger charge is -2.29. The maximum Gasteiger partial charge on any atom is 0.148 e. The molecule has 0 bridgehead atoms. The van der Waals surface area contributed by atoms with Crippen LogP contribution in [-0.4, -0.2) is 58.8 Å². The second-order valence-corrected chi connectivity index (χ2v) is 6.68. The lowest BCUT2D eigenvalue weighted by Crippen LogP contribution is -2.36. The summed E-state index contributed by atoms with van der Waals surface area (Å²) in [5.41, 5.74) is 3.41. The Labute approximate surface area is 159 Å². The summed E-state index contributed by atoms with van der Waals surface area (Å²) >= 11 is 0. The number of aliphatic imine (C=N–C) groups is 1. The minimum absolute atomic E-state index is 0.241.